The summed E-state index contributed by atoms with van der Waals surface area (Å²) in [4.78, 5) is 81.3. The lowest BCUT2D eigenvalue weighted by Gasteiger charge is -2.29. The number of nitrogens with one attached hydrogen (secondary N) is 4. The summed E-state index contributed by atoms with van der Waals surface area (Å²) in [6.45, 7) is 0.289. The summed E-state index contributed by atoms with van der Waals surface area (Å²) in [5, 5.41) is 10.7. The van der Waals surface area contributed by atoms with E-state index in [1.807, 2.05) is 0 Å². The van der Waals surface area contributed by atoms with Crippen molar-refractivity contribution in [2.75, 3.05) is 25.5 Å². The first-order valence-corrected chi connectivity index (χ1v) is 13.7. The maximum atomic E-state index is 13.6. The van der Waals surface area contributed by atoms with Gasteiger partial charge in [0.1, 0.15) is 29.2 Å². The van der Waals surface area contributed by atoms with Crippen LogP contribution in [-0.2, 0) is 9.59 Å². The summed E-state index contributed by atoms with van der Waals surface area (Å²) in [5.74, 6) is -1.98. The van der Waals surface area contributed by atoms with Crippen molar-refractivity contribution in [3.8, 4) is 5.75 Å². The first-order chi connectivity index (χ1) is 21.3. The van der Waals surface area contributed by atoms with E-state index in [9.17, 15) is 24.0 Å². The topological polar surface area (TPSA) is 224 Å². The number of ether oxygens (including phenoxy) is 1. The van der Waals surface area contributed by atoms with E-state index in [-0.39, 0.29) is 43.7 Å². The Labute approximate surface area is 252 Å². The number of carbonyl (C=O) groups excluding carboxylic acids is 5. The van der Waals surface area contributed by atoms with Crippen LogP contribution in [0.4, 0.5) is 10.5 Å². The molecule has 1 aromatic carbocycles. The van der Waals surface area contributed by atoms with Crippen LogP contribution in [0.5, 0.6) is 5.75 Å². The van der Waals surface area contributed by atoms with Gasteiger partial charge in [0.15, 0.2) is 0 Å². The Morgan fingerprint density at radius 2 is 1.77 bits per heavy atom. The van der Waals surface area contributed by atoms with E-state index >= 15 is 0 Å². The number of benzene rings is 1. The summed E-state index contributed by atoms with van der Waals surface area (Å²) in [5.41, 5.74) is 6.18. The molecule has 2 aromatic heterocycles. The molecule has 1 aliphatic rings. The number of hydrogen-bond donors (Lipinski definition) is 5. The van der Waals surface area contributed by atoms with Crippen LogP contribution in [0.3, 0.4) is 0 Å². The van der Waals surface area contributed by atoms with Gasteiger partial charge in [0.2, 0.25) is 11.8 Å². The summed E-state index contributed by atoms with van der Waals surface area (Å²) < 4.78 is 5.18. The molecule has 16 nitrogen and oxygen atoms in total. The second kappa shape index (κ2) is 15.0. The maximum Gasteiger partial charge on any atom is 0.319 e. The van der Waals surface area contributed by atoms with Crippen LogP contribution < -0.4 is 31.7 Å². The lowest BCUT2D eigenvalue weighted by atomic mass is 10.1. The van der Waals surface area contributed by atoms with Crippen LogP contribution in [0.1, 0.15) is 40.2 Å². The fourth-order valence-electron chi connectivity index (χ4n) is 4.65. The highest BCUT2D eigenvalue weighted by molar-refractivity contribution is 5.98. The average molecular weight is 605 g/mol. The zero-order valence-corrected chi connectivity index (χ0v) is 23.8. The number of primary amides is 1. The van der Waals surface area contributed by atoms with E-state index in [1.165, 1.54) is 49.2 Å². The molecule has 0 spiro atoms. The van der Waals surface area contributed by atoms with Crippen molar-refractivity contribution in [3.05, 3.63) is 72.8 Å². The third-order valence-electron chi connectivity index (χ3n) is 6.76. The van der Waals surface area contributed by atoms with Gasteiger partial charge in [0, 0.05) is 49.6 Å². The van der Waals surface area contributed by atoms with Crippen LogP contribution in [0, 0.1) is 0 Å². The van der Waals surface area contributed by atoms with E-state index in [0.717, 1.165) is 0 Å². The van der Waals surface area contributed by atoms with Crippen molar-refractivity contribution < 1.29 is 28.7 Å². The van der Waals surface area contributed by atoms with Crippen LogP contribution >= 0.6 is 0 Å². The van der Waals surface area contributed by atoms with Gasteiger partial charge in [-0.05, 0) is 31.4 Å². The number of nitrogens with two attached hydrogens (primary N) is 1. The molecule has 4 rings (SSSR count). The van der Waals surface area contributed by atoms with Gasteiger partial charge in [0.25, 0.3) is 11.8 Å². The lowest BCUT2D eigenvalue weighted by molar-refractivity contribution is -0.130. The van der Waals surface area contributed by atoms with Crippen molar-refractivity contribution >= 4 is 35.3 Å². The first kappa shape index (κ1) is 31.3. The Morgan fingerprint density at radius 1 is 1.05 bits per heavy atom. The van der Waals surface area contributed by atoms with E-state index in [2.05, 4.69) is 41.2 Å². The summed E-state index contributed by atoms with van der Waals surface area (Å²) in [6.07, 6.45) is 8.81. The molecule has 0 radical (unpaired) electrons. The molecule has 0 aliphatic carbocycles. The predicted octanol–water partition coefficient (Wildman–Crippen LogP) is -0.140. The number of amides is 6. The number of aromatic nitrogens is 4. The fourth-order valence-corrected chi connectivity index (χ4v) is 4.65. The van der Waals surface area contributed by atoms with Gasteiger partial charge in [-0.15, -0.1) is 0 Å². The van der Waals surface area contributed by atoms with Gasteiger partial charge in [0.05, 0.1) is 25.5 Å². The average Bonchev–Trinajstić information content (AvgIpc) is 3.45. The van der Waals surface area contributed by atoms with Gasteiger partial charge in [-0.25, -0.2) is 14.8 Å². The molecule has 0 saturated carbocycles. The Morgan fingerprint density at radius 3 is 2.43 bits per heavy atom. The second-order valence-corrected chi connectivity index (χ2v) is 9.71. The number of hydrogen-bond acceptors (Lipinski definition) is 10. The molecule has 3 aromatic rings. The third-order valence-corrected chi connectivity index (χ3v) is 6.76. The zero-order chi connectivity index (χ0) is 31.5. The molecule has 1 aliphatic heterocycles. The van der Waals surface area contributed by atoms with Gasteiger partial charge in [-0.3, -0.25) is 29.1 Å². The molecule has 6 N–H and O–H groups in total. The smallest absolute Gasteiger partial charge is 0.319 e. The van der Waals surface area contributed by atoms with E-state index in [0.29, 0.717) is 11.4 Å². The number of likely N-dealkylation sites (tertiary alicyclic amines) is 1. The monoisotopic (exact) mass is 604 g/mol. The molecular formula is C28H32N10O6. The van der Waals surface area contributed by atoms with Gasteiger partial charge in [-0.2, -0.15) is 0 Å². The van der Waals surface area contributed by atoms with E-state index in [4.69, 9.17) is 10.5 Å². The molecule has 3 heterocycles. The Bertz CT molecular complexity index is 1480. The highest BCUT2D eigenvalue weighted by atomic mass is 16.5. The van der Waals surface area contributed by atoms with Gasteiger partial charge >= 0.3 is 6.03 Å². The van der Waals surface area contributed by atoms with Crippen LogP contribution in [0.2, 0.25) is 0 Å². The molecule has 3 unspecified atom stereocenters. The molecule has 6 amide bonds. The number of anilines is 1. The zero-order valence-electron chi connectivity index (χ0n) is 23.8. The summed E-state index contributed by atoms with van der Waals surface area (Å²) in [7, 11) is 1.50. The van der Waals surface area contributed by atoms with E-state index < -0.39 is 47.8 Å². The van der Waals surface area contributed by atoms with Crippen LogP contribution in [-0.4, -0.2) is 92.8 Å². The van der Waals surface area contributed by atoms with Crippen molar-refractivity contribution in [1.29, 1.82) is 0 Å². The van der Waals surface area contributed by atoms with Crippen molar-refractivity contribution in [2.24, 2.45) is 5.73 Å². The van der Waals surface area contributed by atoms with Crippen LogP contribution in [0.25, 0.3) is 0 Å². The number of urea groups is 1. The quantitative estimate of drug-likeness (QED) is 0.172. The molecule has 3 atom stereocenters. The second-order valence-electron chi connectivity index (χ2n) is 9.71. The van der Waals surface area contributed by atoms with Crippen LogP contribution in [0.15, 0.2) is 61.4 Å². The number of rotatable bonds is 12. The highest BCUT2D eigenvalue weighted by Crippen LogP contribution is 2.22. The summed E-state index contributed by atoms with van der Waals surface area (Å²) >= 11 is 0. The molecule has 230 valence electrons. The van der Waals surface area contributed by atoms with Crippen molar-refractivity contribution in [1.82, 2.24) is 40.8 Å². The van der Waals surface area contributed by atoms with Gasteiger partial charge in [-0.1, -0.05) is 6.07 Å². The maximum absolute atomic E-state index is 13.6. The molecule has 1 saturated heterocycles. The number of methoxy groups -OCH3 is 1. The third kappa shape index (κ3) is 8.21. The number of carbonyl (C=O) groups is 5. The fraction of sp³-hybridized carbons (Fsp3) is 0.321. The Hall–Kier alpha value is -5.67. The minimum atomic E-state index is -1.20. The lowest BCUT2D eigenvalue weighted by Crippen LogP contribution is -2.58. The molecule has 0 bridgehead atoms. The SMILES string of the molecule is COc1cccc(NC(=O)NC2CCN(C(=O)c3cnccn3)C2C(=O)NC(CCCNC(=O)c2cnccn2)C(N)=O)c1. The molecule has 1 fully saturated rings. The first-order valence-electron chi connectivity index (χ1n) is 13.7. The summed E-state index contributed by atoms with van der Waals surface area (Å²) in [6, 6.07) is 2.97. The minimum absolute atomic E-state index is 0.0112. The largest absolute Gasteiger partial charge is 0.497 e. The van der Waals surface area contributed by atoms with Crippen molar-refractivity contribution in [2.45, 2.75) is 37.4 Å². The minimum Gasteiger partial charge on any atom is -0.497 e. The Balaban J connectivity index is 1.43. The molecule has 16 heteroatoms. The Kier molecular flexibility index (Phi) is 10.7. The van der Waals surface area contributed by atoms with Crippen molar-refractivity contribution in [3.63, 3.8) is 0 Å². The highest BCUT2D eigenvalue weighted by Gasteiger charge is 2.44. The molecular weight excluding hydrogens is 572 g/mol. The normalized spacial score (nSPS) is 16.3. The molecule has 44 heavy (non-hydrogen) atoms. The number of nitrogens with zero attached hydrogens (tertiary/aromatic N) is 5. The van der Waals surface area contributed by atoms with Gasteiger partial charge < -0.3 is 36.6 Å². The van der Waals surface area contributed by atoms with E-state index in [1.54, 1.807) is 24.3 Å². The predicted molar refractivity (Wildman–Crippen MR) is 155 cm³/mol. The standard InChI is InChI=1S/C28H32N10O6/c1-44-18-5-2-4-17(14-18)35-28(43)37-19-7-13-38(27(42)22-16-31-10-12-33-22)23(19)26(41)36-20(24(29)39)6-3-8-34-25(40)21-15-30-9-11-32-21/h2,4-5,9-12,14-16,19-20,23H,3,6-8,13H2,1H3,(H2,29,39)(H,34,40)(H,36,41)(H2,35,37,43).